The SMILES string of the molecule is COc1ccc2c(c1)C(=O)C(=Cc1ccc(N(C)C)cc1)CC2. The van der Waals surface area contributed by atoms with E-state index in [1.54, 1.807) is 7.11 Å². The van der Waals surface area contributed by atoms with Crippen molar-refractivity contribution in [3.8, 4) is 5.75 Å². The number of anilines is 1. The van der Waals surface area contributed by atoms with Crippen LogP contribution < -0.4 is 9.64 Å². The van der Waals surface area contributed by atoms with Crippen molar-refractivity contribution in [2.75, 3.05) is 26.1 Å². The van der Waals surface area contributed by atoms with Crippen molar-refractivity contribution < 1.29 is 9.53 Å². The number of carbonyl (C=O) groups excluding carboxylic acids is 1. The van der Waals surface area contributed by atoms with Gasteiger partial charge in [-0.3, -0.25) is 4.79 Å². The first kappa shape index (κ1) is 15.3. The molecule has 1 aliphatic rings. The van der Waals surface area contributed by atoms with Crippen molar-refractivity contribution in [2.45, 2.75) is 12.8 Å². The van der Waals surface area contributed by atoms with Gasteiger partial charge in [0.1, 0.15) is 5.75 Å². The van der Waals surface area contributed by atoms with Crippen LogP contribution >= 0.6 is 0 Å². The Kier molecular flexibility index (Phi) is 4.20. The molecule has 3 heteroatoms. The molecular formula is C20H21NO2. The first-order chi connectivity index (χ1) is 11.1. The van der Waals surface area contributed by atoms with Gasteiger partial charge in [-0.2, -0.15) is 0 Å². The summed E-state index contributed by atoms with van der Waals surface area (Å²) in [5.74, 6) is 0.843. The zero-order chi connectivity index (χ0) is 16.4. The number of fused-ring (bicyclic) bond motifs is 1. The Labute approximate surface area is 137 Å². The van der Waals surface area contributed by atoms with E-state index in [0.29, 0.717) is 0 Å². The number of hydrogen-bond donors (Lipinski definition) is 0. The third-order valence-electron chi connectivity index (χ3n) is 4.27. The second kappa shape index (κ2) is 6.29. The van der Waals surface area contributed by atoms with Crippen LogP contribution in [-0.2, 0) is 6.42 Å². The van der Waals surface area contributed by atoms with Crippen LogP contribution in [-0.4, -0.2) is 27.0 Å². The molecule has 0 amide bonds. The summed E-state index contributed by atoms with van der Waals surface area (Å²) in [5.41, 5.74) is 4.95. The Morgan fingerprint density at radius 2 is 1.78 bits per heavy atom. The molecule has 0 unspecified atom stereocenters. The number of hydrogen-bond acceptors (Lipinski definition) is 3. The summed E-state index contributed by atoms with van der Waals surface area (Å²) in [5, 5.41) is 0. The lowest BCUT2D eigenvalue weighted by Gasteiger charge is -2.18. The molecule has 0 atom stereocenters. The van der Waals surface area contributed by atoms with Gasteiger partial charge in [0.05, 0.1) is 7.11 Å². The normalized spacial score (nSPS) is 15.4. The second-order valence-electron chi connectivity index (χ2n) is 6.01. The van der Waals surface area contributed by atoms with E-state index >= 15 is 0 Å². The third kappa shape index (κ3) is 3.14. The Morgan fingerprint density at radius 3 is 2.43 bits per heavy atom. The van der Waals surface area contributed by atoms with Gasteiger partial charge in [0.25, 0.3) is 0 Å². The number of nitrogens with zero attached hydrogens (tertiary/aromatic N) is 1. The highest BCUT2D eigenvalue weighted by Gasteiger charge is 2.22. The fraction of sp³-hybridized carbons (Fsp3) is 0.250. The van der Waals surface area contributed by atoms with E-state index < -0.39 is 0 Å². The lowest BCUT2D eigenvalue weighted by molar-refractivity contribution is 0.102. The first-order valence-corrected chi connectivity index (χ1v) is 7.78. The van der Waals surface area contributed by atoms with E-state index in [1.807, 2.05) is 38.4 Å². The number of carbonyl (C=O) groups is 1. The van der Waals surface area contributed by atoms with Gasteiger partial charge in [-0.25, -0.2) is 0 Å². The lowest BCUT2D eigenvalue weighted by atomic mass is 9.86. The maximum Gasteiger partial charge on any atom is 0.189 e. The van der Waals surface area contributed by atoms with E-state index in [1.165, 1.54) is 0 Å². The Hall–Kier alpha value is -2.55. The highest BCUT2D eigenvalue weighted by atomic mass is 16.5. The molecule has 0 aliphatic heterocycles. The van der Waals surface area contributed by atoms with Crippen LogP contribution in [0.1, 0.15) is 27.9 Å². The Bertz CT molecular complexity index is 758. The summed E-state index contributed by atoms with van der Waals surface area (Å²) in [6.45, 7) is 0. The smallest absolute Gasteiger partial charge is 0.189 e. The van der Waals surface area contributed by atoms with Crippen LogP contribution in [0.2, 0.25) is 0 Å². The molecule has 0 fully saturated rings. The standard InChI is InChI=1S/C20H21NO2/c1-21(2)17-9-4-14(5-10-17)12-16-7-6-15-8-11-18(23-3)13-19(15)20(16)22/h4-5,8-13H,6-7H2,1-3H3. The van der Waals surface area contributed by atoms with Crippen molar-refractivity contribution in [1.29, 1.82) is 0 Å². The number of aryl methyl sites for hydroxylation is 1. The monoisotopic (exact) mass is 307 g/mol. The van der Waals surface area contributed by atoms with Crippen molar-refractivity contribution in [3.63, 3.8) is 0 Å². The number of Topliss-reactive ketones (excluding diaryl/α,β-unsaturated/α-hetero) is 1. The number of methoxy groups -OCH3 is 1. The van der Waals surface area contributed by atoms with Crippen molar-refractivity contribution in [2.24, 2.45) is 0 Å². The topological polar surface area (TPSA) is 29.5 Å². The quantitative estimate of drug-likeness (QED) is 0.804. The van der Waals surface area contributed by atoms with E-state index in [-0.39, 0.29) is 5.78 Å². The average Bonchev–Trinajstić information content (AvgIpc) is 2.57. The minimum Gasteiger partial charge on any atom is -0.497 e. The minimum atomic E-state index is 0.113. The van der Waals surface area contributed by atoms with Gasteiger partial charge in [0, 0.05) is 30.9 Å². The Morgan fingerprint density at radius 1 is 1.04 bits per heavy atom. The minimum absolute atomic E-state index is 0.113. The summed E-state index contributed by atoms with van der Waals surface area (Å²) >= 11 is 0. The molecule has 118 valence electrons. The van der Waals surface area contributed by atoms with Crippen LogP contribution in [0.5, 0.6) is 5.75 Å². The van der Waals surface area contributed by atoms with E-state index in [9.17, 15) is 4.79 Å². The molecule has 2 aromatic carbocycles. The summed E-state index contributed by atoms with van der Waals surface area (Å²) in [6, 6.07) is 14.0. The summed E-state index contributed by atoms with van der Waals surface area (Å²) < 4.78 is 5.24. The highest BCUT2D eigenvalue weighted by Crippen LogP contribution is 2.29. The summed E-state index contributed by atoms with van der Waals surface area (Å²) in [6.07, 6.45) is 3.68. The molecule has 0 aromatic heterocycles. The lowest BCUT2D eigenvalue weighted by Crippen LogP contribution is -2.14. The molecule has 0 heterocycles. The van der Waals surface area contributed by atoms with Gasteiger partial charge in [-0.15, -0.1) is 0 Å². The molecule has 0 N–H and O–H groups in total. The van der Waals surface area contributed by atoms with Crippen LogP contribution in [0.15, 0.2) is 48.0 Å². The molecule has 0 radical (unpaired) electrons. The van der Waals surface area contributed by atoms with Gasteiger partial charge in [-0.05, 0) is 54.3 Å². The number of ether oxygens (including phenoxy) is 1. The molecule has 0 spiro atoms. The maximum absolute atomic E-state index is 12.7. The molecule has 0 saturated heterocycles. The molecule has 23 heavy (non-hydrogen) atoms. The Balaban J connectivity index is 1.90. The zero-order valence-electron chi connectivity index (χ0n) is 13.8. The van der Waals surface area contributed by atoms with Gasteiger partial charge < -0.3 is 9.64 Å². The van der Waals surface area contributed by atoms with Gasteiger partial charge in [0.2, 0.25) is 0 Å². The summed E-state index contributed by atoms with van der Waals surface area (Å²) in [7, 11) is 5.66. The molecular weight excluding hydrogens is 286 g/mol. The van der Waals surface area contributed by atoms with Crippen LogP contribution in [0.25, 0.3) is 6.08 Å². The van der Waals surface area contributed by atoms with Crippen LogP contribution in [0.4, 0.5) is 5.69 Å². The summed E-state index contributed by atoms with van der Waals surface area (Å²) in [4.78, 5) is 14.8. The molecule has 3 nitrogen and oxygen atoms in total. The molecule has 3 rings (SSSR count). The fourth-order valence-electron chi connectivity index (χ4n) is 2.88. The van der Waals surface area contributed by atoms with Crippen molar-refractivity contribution in [3.05, 3.63) is 64.7 Å². The molecule has 0 saturated carbocycles. The first-order valence-electron chi connectivity index (χ1n) is 7.78. The second-order valence-corrected chi connectivity index (χ2v) is 6.01. The fourth-order valence-corrected chi connectivity index (χ4v) is 2.88. The third-order valence-corrected chi connectivity index (χ3v) is 4.27. The molecule has 1 aliphatic carbocycles. The molecule has 0 bridgehead atoms. The maximum atomic E-state index is 12.7. The van der Waals surface area contributed by atoms with Crippen molar-refractivity contribution in [1.82, 2.24) is 0 Å². The molecule has 2 aromatic rings. The van der Waals surface area contributed by atoms with E-state index in [2.05, 4.69) is 29.2 Å². The van der Waals surface area contributed by atoms with Gasteiger partial charge >= 0.3 is 0 Å². The van der Waals surface area contributed by atoms with Gasteiger partial charge in [-0.1, -0.05) is 18.2 Å². The number of rotatable bonds is 3. The predicted molar refractivity (Wildman–Crippen MR) is 94.4 cm³/mol. The average molecular weight is 307 g/mol. The largest absolute Gasteiger partial charge is 0.497 e. The number of allylic oxidation sites excluding steroid dienone is 1. The van der Waals surface area contributed by atoms with Crippen LogP contribution in [0, 0.1) is 0 Å². The number of benzene rings is 2. The zero-order valence-corrected chi connectivity index (χ0v) is 13.8. The van der Waals surface area contributed by atoms with E-state index in [0.717, 1.165) is 46.5 Å². The van der Waals surface area contributed by atoms with Crippen LogP contribution in [0.3, 0.4) is 0 Å². The van der Waals surface area contributed by atoms with E-state index in [4.69, 9.17) is 4.74 Å². The van der Waals surface area contributed by atoms with Gasteiger partial charge in [0.15, 0.2) is 5.78 Å². The predicted octanol–water partition coefficient (Wildman–Crippen LogP) is 3.97. The highest BCUT2D eigenvalue weighted by molar-refractivity contribution is 6.13. The number of ketones is 1. The van der Waals surface area contributed by atoms with Crippen molar-refractivity contribution >= 4 is 17.5 Å².